The summed E-state index contributed by atoms with van der Waals surface area (Å²) in [5, 5.41) is 11.5. The Morgan fingerprint density at radius 2 is 2.19 bits per heavy atom. The molecule has 1 aromatic carbocycles. The summed E-state index contributed by atoms with van der Waals surface area (Å²) in [6.45, 7) is 1.22. The van der Waals surface area contributed by atoms with E-state index >= 15 is 0 Å². The first-order valence-corrected chi connectivity index (χ1v) is 7.35. The minimum atomic E-state index is -0.136. The number of carbonyl (C=O) groups is 1. The first-order chi connectivity index (χ1) is 10.3. The Bertz CT molecular complexity index is 507. The van der Waals surface area contributed by atoms with Crippen molar-refractivity contribution in [1.82, 2.24) is 5.32 Å². The Balaban J connectivity index is 1.70. The molecule has 1 saturated heterocycles. The van der Waals surface area contributed by atoms with E-state index in [0.29, 0.717) is 13.0 Å². The zero-order valence-electron chi connectivity index (χ0n) is 12.1. The number of nitrogens with one attached hydrogen (secondary N) is 1. The molecule has 21 heavy (non-hydrogen) atoms. The third kappa shape index (κ3) is 5.58. The van der Waals surface area contributed by atoms with Gasteiger partial charge in [0, 0.05) is 25.1 Å². The number of aliphatic hydroxyl groups is 1. The van der Waals surface area contributed by atoms with Gasteiger partial charge in [0.25, 0.3) is 0 Å². The molecule has 0 radical (unpaired) electrons. The molecule has 2 N–H and O–H groups in total. The fraction of sp³-hybridized carbons (Fsp3) is 0.471. The van der Waals surface area contributed by atoms with Gasteiger partial charge >= 0.3 is 0 Å². The van der Waals surface area contributed by atoms with Gasteiger partial charge in [0.2, 0.25) is 5.91 Å². The Hall–Kier alpha value is -1.83. The molecule has 0 saturated carbocycles. The highest BCUT2D eigenvalue weighted by Gasteiger charge is 2.16. The van der Waals surface area contributed by atoms with Gasteiger partial charge in [0.05, 0.1) is 6.10 Å². The van der Waals surface area contributed by atoms with Crippen molar-refractivity contribution >= 4 is 5.91 Å². The molecule has 0 spiro atoms. The predicted octanol–water partition coefficient (Wildman–Crippen LogP) is 1.61. The van der Waals surface area contributed by atoms with Crippen LogP contribution in [0.2, 0.25) is 0 Å². The largest absolute Gasteiger partial charge is 0.384 e. The molecule has 1 aliphatic heterocycles. The number of ether oxygens (including phenoxy) is 1. The van der Waals surface area contributed by atoms with Crippen LogP contribution in [-0.2, 0) is 16.1 Å². The lowest BCUT2D eigenvalue weighted by Gasteiger charge is -2.09. The Labute approximate surface area is 125 Å². The predicted molar refractivity (Wildman–Crippen MR) is 80.5 cm³/mol. The molecule has 0 aromatic heterocycles. The van der Waals surface area contributed by atoms with Gasteiger partial charge in [0.15, 0.2) is 0 Å². The normalized spacial score (nSPS) is 17.1. The lowest BCUT2D eigenvalue weighted by molar-refractivity contribution is -0.121. The minimum Gasteiger partial charge on any atom is -0.384 e. The molecule has 112 valence electrons. The first-order valence-electron chi connectivity index (χ1n) is 7.35. The number of rotatable bonds is 5. The number of amides is 1. The second kappa shape index (κ2) is 8.46. The van der Waals surface area contributed by atoms with Crippen molar-refractivity contribution < 1.29 is 14.6 Å². The standard InChI is InChI=1S/C17H21NO3/c19-11-1-3-14-5-7-15(8-6-14)13-18-17(20)10-9-16-4-2-12-21-16/h5-8,16,19H,2,4,9-13H2,(H,18,20). The van der Waals surface area contributed by atoms with Crippen molar-refractivity contribution in [2.75, 3.05) is 13.2 Å². The summed E-state index contributed by atoms with van der Waals surface area (Å²) < 4.78 is 5.50. The molecule has 4 nitrogen and oxygen atoms in total. The van der Waals surface area contributed by atoms with Gasteiger partial charge in [-0.25, -0.2) is 0 Å². The summed E-state index contributed by atoms with van der Waals surface area (Å²) in [6.07, 6.45) is 3.77. The van der Waals surface area contributed by atoms with Crippen LogP contribution in [0.15, 0.2) is 24.3 Å². The highest BCUT2D eigenvalue weighted by molar-refractivity contribution is 5.75. The molecule has 0 bridgehead atoms. The lowest BCUT2D eigenvalue weighted by Crippen LogP contribution is -2.23. The van der Waals surface area contributed by atoms with Gasteiger partial charge < -0.3 is 15.2 Å². The van der Waals surface area contributed by atoms with E-state index < -0.39 is 0 Å². The van der Waals surface area contributed by atoms with Crippen LogP contribution in [0.4, 0.5) is 0 Å². The monoisotopic (exact) mass is 287 g/mol. The quantitative estimate of drug-likeness (QED) is 0.809. The van der Waals surface area contributed by atoms with Gasteiger partial charge in [-0.3, -0.25) is 4.79 Å². The van der Waals surface area contributed by atoms with Gasteiger partial charge in [-0.05, 0) is 37.0 Å². The number of hydrogen-bond acceptors (Lipinski definition) is 3. The molecular formula is C17H21NO3. The molecule has 1 aliphatic rings. The molecule has 1 amide bonds. The first kappa shape index (κ1) is 15.6. The van der Waals surface area contributed by atoms with Crippen LogP contribution >= 0.6 is 0 Å². The fourth-order valence-electron chi connectivity index (χ4n) is 2.30. The topological polar surface area (TPSA) is 58.6 Å². The molecule has 4 heteroatoms. The van der Waals surface area contributed by atoms with E-state index in [1.54, 1.807) is 0 Å². The van der Waals surface area contributed by atoms with Crippen LogP contribution in [0.1, 0.15) is 36.8 Å². The van der Waals surface area contributed by atoms with Crippen molar-refractivity contribution in [1.29, 1.82) is 0 Å². The smallest absolute Gasteiger partial charge is 0.220 e. The van der Waals surface area contributed by atoms with Crippen LogP contribution < -0.4 is 5.32 Å². The fourth-order valence-corrected chi connectivity index (χ4v) is 2.30. The summed E-state index contributed by atoms with van der Waals surface area (Å²) in [5.41, 5.74) is 1.90. The molecule has 1 unspecified atom stereocenters. The number of hydrogen-bond donors (Lipinski definition) is 2. The van der Waals surface area contributed by atoms with Crippen molar-refractivity contribution in [3.63, 3.8) is 0 Å². The third-order valence-corrected chi connectivity index (χ3v) is 3.47. The van der Waals surface area contributed by atoms with Crippen molar-refractivity contribution in [2.24, 2.45) is 0 Å². The summed E-state index contributed by atoms with van der Waals surface area (Å²) in [6, 6.07) is 7.64. The molecular weight excluding hydrogens is 266 g/mol. The number of carbonyl (C=O) groups excluding carboxylic acids is 1. The maximum atomic E-state index is 11.8. The van der Waals surface area contributed by atoms with Crippen LogP contribution in [-0.4, -0.2) is 30.3 Å². The SMILES string of the molecule is O=C(CCC1CCCO1)NCc1ccc(C#CCO)cc1. The van der Waals surface area contributed by atoms with E-state index in [1.165, 1.54) is 0 Å². The summed E-state index contributed by atoms with van der Waals surface area (Å²) in [7, 11) is 0. The average Bonchev–Trinajstić information content (AvgIpc) is 3.03. The maximum absolute atomic E-state index is 11.8. The summed E-state index contributed by atoms with van der Waals surface area (Å²) in [5.74, 6) is 5.50. The van der Waals surface area contributed by atoms with Crippen molar-refractivity contribution in [3.05, 3.63) is 35.4 Å². The van der Waals surface area contributed by atoms with Crippen LogP contribution in [0.3, 0.4) is 0 Å². The zero-order chi connectivity index (χ0) is 14.9. The van der Waals surface area contributed by atoms with Gasteiger partial charge in [-0.1, -0.05) is 24.0 Å². The molecule has 1 fully saturated rings. The second-order valence-electron chi connectivity index (χ2n) is 5.11. The van der Waals surface area contributed by atoms with Crippen LogP contribution in [0, 0.1) is 11.8 Å². The van der Waals surface area contributed by atoms with Gasteiger partial charge in [-0.2, -0.15) is 0 Å². The van der Waals surface area contributed by atoms with Crippen LogP contribution in [0.25, 0.3) is 0 Å². The Morgan fingerprint density at radius 3 is 2.86 bits per heavy atom. The molecule has 2 rings (SSSR count). The van der Waals surface area contributed by atoms with Gasteiger partial charge in [-0.15, -0.1) is 0 Å². The van der Waals surface area contributed by atoms with E-state index in [4.69, 9.17) is 9.84 Å². The highest BCUT2D eigenvalue weighted by atomic mass is 16.5. The van der Waals surface area contributed by atoms with E-state index in [2.05, 4.69) is 17.2 Å². The summed E-state index contributed by atoms with van der Waals surface area (Å²) in [4.78, 5) is 11.8. The van der Waals surface area contributed by atoms with Crippen LogP contribution in [0.5, 0.6) is 0 Å². The lowest BCUT2D eigenvalue weighted by atomic mass is 10.1. The Kier molecular flexibility index (Phi) is 6.26. The second-order valence-corrected chi connectivity index (χ2v) is 5.11. The zero-order valence-corrected chi connectivity index (χ0v) is 12.1. The van der Waals surface area contributed by atoms with Crippen molar-refractivity contribution in [3.8, 4) is 11.8 Å². The molecule has 1 heterocycles. The maximum Gasteiger partial charge on any atom is 0.220 e. The summed E-state index contributed by atoms with van der Waals surface area (Å²) >= 11 is 0. The van der Waals surface area contributed by atoms with E-state index in [-0.39, 0.29) is 18.6 Å². The molecule has 1 atom stereocenters. The number of aliphatic hydroxyl groups excluding tert-OH is 1. The molecule has 1 aromatic rings. The number of benzene rings is 1. The Morgan fingerprint density at radius 1 is 1.38 bits per heavy atom. The van der Waals surface area contributed by atoms with Gasteiger partial charge in [0.1, 0.15) is 6.61 Å². The van der Waals surface area contributed by atoms with E-state index in [9.17, 15) is 4.79 Å². The third-order valence-electron chi connectivity index (χ3n) is 3.47. The van der Waals surface area contributed by atoms with E-state index in [0.717, 1.165) is 37.0 Å². The molecule has 0 aliphatic carbocycles. The van der Waals surface area contributed by atoms with Crippen molar-refractivity contribution in [2.45, 2.75) is 38.3 Å². The minimum absolute atomic E-state index is 0.0645. The van der Waals surface area contributed by atoms with E-state index in [1.807, 2.05) is 24.3 Å². The average molecular weight is 287 g/mol. The highest BCUT2D eigenvalue weighted by Crippen LogP contribution is 2.16.